The molecule has 31 heavy (non-hydrogen) atoms. The lowest BCUT2D eigenvalue weighted by Crippen LogP contribution is -2.45. The van der Waals surface area contributed by atoms with Crippen LogP contribution < -0.4 is 0 Å². The summed E-state index contributed by atoms with van der Waals surface area (Å²) in [5.41, 5.74) is 2.04. The van der Waals surface area contributed by atoms with Crippen molar-refractivity contribution in [2.75, 3.05) is 31.9 Å². The molecule has 168 valence electrons. The molecule has 1 atom stereocenters. The number of thioether (sulfide) groups is 1. The van der Waals surface area contributed by atoms with Crippen LogP contribution in [0.4, 0.5) is 0 Å². The second kappa shape index (κ2) is 11.3. The van der Waals surface area contributed by atoms with Crippen LogP contribution in [0.2, 0.25) is 0 Å². The van der Waals surface area contributed by atoms with Crippen LogP contribution >= 0.6 is 11.8 Å². The molecule has 1 aliphatic heterocycles. The Balaban J connectivity index is 1.80. The number of hydrogen-bond acceptors (Lipinski definition) is 5. The summed E-state index contributed by atoms with van der Waals surface area (Å²) < 4.78 is 28.7. The maximum absolute atomic E-state index is 13.6. The van der Waals surface area contributed by atoms with Crippen LogP contribution in [0.5, 0.6) is 0 Å². The van der Waals surface area contributed by atoms with Crippen molar-refractivity contribution in [1.29, 1.82) is 0 Å². The fraction of sp³-hybridized carbons (Fsp3) is 0.458. The van der Waals surface area contributed by atoms with Gasteiger partial charge in [0, 0.05) is 31.8 Å². The van der Waals surface area contributed by atoms with Gasteiger partial charge < -0.3 is 4.90 Å². The largest absolute Gasteiger partial charge is 0.302 e. The molecule has 2 aromatic rings. The fourth-order valence-electron chi connectivity index (χ4n) is 3.91. The fourth-order valence-corrected chi connectivity index (χ4v) is 6.28. The Hall–Kier alpha value is -1.67. The van der Waals surface area contributed by atoms with E-state index in [1.54, 1.807) is 16.4 Å². The molecular weight excluding hydrogens is 428 g/mol. The van der Waals surface area contributed by atoms with E-state index >= 15 is 0 Å². The highest BCUT2D eigenvalue weighted by Gasteiger charge is 2.30. The Morgan fingerprint density at radius 2 is 1.61 bits per heavy atom. The van der Waals surface area contributed by atoms with Crippen molar-refractivity contribution in [1.82, 2.24) is 9.21 Å². The second-order valence-corrected chi connectivity index (χ2v) is 11.1. The Labute approximate surface area is 190 Å². The first-order valence-electron chi connectivity index (χ1n) is 10.9. The Bertz CT molecular complexity index is 941. The minimum absolute atomic E-state index is 0.00689. The highest BCUT2D eigenvalue weighted by molar-refractivity contribution is 8.13. The van der Waals surface area contributed by atoms with Crippen LogP contribution in [-0.2, 0) is 14.8 Å². The van der Waals surface area contributed by atoms with Gasteiger partial charge in [-0.05, 0) is 56.1 Å². The number of sulfonamides is 1. The lowest BCUT2D eigenvalue weighted by atomic mass is 10.1. The SMILES string of the molecule is CC(=O)SCC(C)N(CCN1CCCCC1)S(=O)(=O)c1ccc(-c2ccccc2)cc1. The first-order chi connectivity index (χ1) is 14.9. The Kier molecular flexibility index (Phi) is 8.72. The number of carbonyl (C=O) groups excluding carboxylic acids is 1. The molecular formula is C24H32N2O3S2. The highest BCUT2D eigenvalue weighted by atomic mass is 32.2. The number of likely N-dealkylation sites (tertiary alicyclic amines) is 1. The third-order valence-corrected chi connectivity index (χ3v) is 8.76. The van der Waals surface area contributed by atoms with E-state index in [1.165, 1.54) is 37.9 Å². The third kappa shape index (κ3) is 6.65. The van der Waals surface area contributed by atoms with Crippen LogP contribution in [0.3, 0.4) is 0 Å². The molecule has 1 unspecified atom stereocenters. The van der Waals surface area contributed by atoms with Crippen molar-refractivity contribution in [3.8, 4) is 11.1 Å². The van der Waals surface area contributed by atoms with Crippen LogP contribution in [0.15, 0.2) is 59.5 Å². The number of hydrogen-bond donors (Lipinski definition) is 0. The average Bonchev–Trinajstić information content (AvgIpc) is 2.79. The molecule has 0 aromatic heterocycles. The van der Waals surface area contributed by atoms with Crippen molar-refractivity contribution in [2.24, 2.45) is 0 Å². The van der Waals surface area contributed by atoms with Crippen LogP contribution in [0, 0.1) is 0 Å². The van der Waals surface area contributed by atoms with E-state index in [4.69, 9.17) is 0 Å². The monoisotopic (exact) mass is 460 g/mol. The van der Waals surface area contributed by atoms with Gasteiger partial charge >= 0.3 is 0 Å². The van der Waals surface area contributed by atoms with Gasteiger partial charge in [0.05, 0.1) is 4.90 Å². The minimum atomic E-state index is -3.67. The normalized spacial score (nSPS) is 16.4. The predicted molar refractivity (Wildman–Crippen MR) is 129 cm³/mol. The average molecular weight is 461 g/mol. The summed E-state index contributed by atoms with van der Waals surface area (Å²) in [6.07, 6.45) is 3.59. The summed E-state index contributed by atoms with van der Waals surface area (Å²) in [5, 5.41) is 0.00689. The minimum Gasteiger partial charge on any atom is -0.302 e. The molecule has 0 bridgehead atoms. The van der Waals surface area contributed by atoms with Crippen molar-refractivity contribution in [2.45, 2.75) is 44.0 Å². The highest BCUT2D eigenvalue weighted by Crippen LogP contribution is 2.25. The van der Waals surface area contributed by atoms with Gasteiger partial charge in [0.2, 0.25) is 10.0 Å². The van der Waals surface area contributed by atoms with Crippen LogP contribution in [0.25, 0.3) is 11.1 Å². The van der Waals surface area contributed by atoms with Gasteiger partial charge in [0.1, 0.15) is 0 Å². The molecule has 1 aliphatic rings. The maximum Gasteiger partial charge on any atom is 0.243 e. The van der Waals surface area contributed by atoms with E-state index in [0.717, 1.165) is 30.8 Å². The van der Waals surface area contributed by atoms with Gasteiger partial charge in [-0.3, -0.25) is 4.79 Å². The van der Waals surface area contributed by atoms with E-state index in [2.05, 4.69) is 4.90 Å². The summed E-state index contributed by atoms with van der Waals surface area (Å²) in [6, 6.07) is 16.8. The van der Waals surface area contributed by atoms with E-state index < -0.39 is 10.0 Å². The first kappa shape index (κ1) is 24.0. The Morgan fingerprint density at radius 3 is 2.23 bits per heavy atom. The molecule has 0 saturated carbocycles. The van der Waals surface area contributed by atoms with Gasteiger partial charge in [0.15, 0.2) is 5.12 Å². The zero-order chi connectivity index (χ0) is 22.3. The molecule has 0 spiro atoms. The zero-order valence-corrected chi connectivity index (χ0v) is 20.0. The van der Waals surface area contributed by atoms with Crippen molar-refractivity contribution >= 4 is 26.9 Å². The number of nitrogens with zero attached hydrogens (tertiary/aromatic N) is 2. The summed E-state index contributed by atoms with van der Waals surface area (Å²) in [4.78, 5) is 14.1. The molecule has 2 aromatic carbocycles. The molecule has 1 saturated heterocycles. The zero-order valence-electron chi connectivity index (χ0n) is 18.4. The standard InChI is InChI=1S/C24H32N2O3S2/c1-20(19-30-21(2)27)26(18-17-25-15-7-4-8-16-25)31(28,29)24-13-11-23(12-14-24)22-9-5-3-6-10-22/h3,5-6,9-14,20H,4,7-8,15-19H2,1-2H3. The summed E-state index contributed by atoms with van der Waals surface area (Å²) in [5.74, 6) is 0.455. The molecule has 0 amide bonds. The van der Waals surface area contributed by atoms with Crippen molar-refractivity contribution < 1.29 is 13.2 Å². The van der Waals surface area contributed by atoms with E-state index in [9.17, 15) is 13.2 Å². The van der Waals surface area contributed by atoms with Gasteiger partial charge in [-0.25, -0.2) is 8.42 Å². The molecule has 0 N–H and O–H groups in total. The third-order valence-electron chi connectivity index (χ3n) is 5.67. The van der Waals surface area contributed by atoms with Gasteiger partial charge in [-0.1, -0.05) is 60.6 Å². The van der Waals surface area contributed by atoms with Crippen molar-refractivity contribution in [3.63, 3.8) is 0 Å². The molecule has 0 aliphatic carbocycles. The molecule has 3 rings (SSSR count). The van der Waals surface area contributed by atoms with Crippen LogP contribution in [0.1, 0.15) is 33.1 Å². The molecule has 5 nitrogen and oxygen atoms in total. The molecule has 1 heterocycles. The maximum atomic E-state index is 13.6. The summed E-state index contributed by atoms with van der Waals surface area (Å²) in [7, 11) is -3.67. The number of carbonyl (C=O) groups is 1. The number of piperidine rings is 1. The topological polar surface area (TPSA) is 57.7 Å². The van der Waals surface area contributed by atoms with E-state index in [-0.39, 0.29) is 11.2 Å². The lowest BCUT2D eigenvalue weighted by Gasteiger charge is -2.32. The van der Waals surface area contributed by atoms with Gasteiger partial charge in [-0.2, -0.15) is 4.31 Å². The van der Waals surface area contributed by atoms with E-state index in [1.807, 2.05) is 49.4 Å². The summed E-state index contributed by atoms with van der Waals surface area (Å²) >= 11 is 1.18. The molecule has 0 radical (unpaired) electrons. The van der Waals surface area contributed by atoms with Crippen LogP contribution in [-0.4, -0.2) is 60.7 Å². The second-order valence-electron chi connectivity index (χ2n) is 8.06. The van der Waals surface area contributed by atoms with E-state index in [0.29, 0.717) is 17.2 Å². The first-order valence-corrected chi connectivity index (χ1v) is 13.3. The molecule has 1 fully saturated rings. The number of benzene rings is 2. The smallest absolute Gasteiger partial charge is 0.243 e. The summed E-state index contributed by atoms with van der Waals surface area (Å²) in [6.45, 7) is 6.61. The predicted octanol–water partition coefficient (Wildman–Crippen LogP) is 4.50. The van der Waals surface area contributed by atoms with Gasteiger partial charge in [-0.15, -0.1) is 0 Å². The Morgan fingerprint density at radius 1 is 1.00 bits per heavy atom. The van der Waals surface area contributed by atoms with Gasteiger partial charge in [0.25, 0.3) is 0 Å². The quantitative estimate of drug-likeness (QED) is 0.552. The van der Waals surface area contributed by atoms with Crippen molar-refractivity contribution in [3.05, 3.63) is 54.6 Å². The lowest BCUT2D eigenvalue weighted by molar-refractivity contribution is -0.109. The molecule has 7 heteroatoms. The number of rotatable bonds is 9.